The van der Waals surface area contributed by atoms with Crippen LogP contribution in [0.4, 0.5) is 4.39 Å². The lowest BCUT2D eigenvalue weighted by Crippen LogP contribution is -2.33. The second kappa shape index (κ2) is 9.71. The second-order valence-corrected chi connectivity index (χ2v) is 6.58. The van der Waals surface area contributed by atoms with Crippen molar-refractivity contribution in [3.05, 3.63) is 65.5 Å². The summed E-state index contributed by atoms with van der Waals surface area (Å²) in [6, 6.07) is 13.2. The van der Waals surface area contributed by atoms with Gasteiger partial charge < -0.3 is 14.8 Å². The number of methoxy groups -OCH3 is 1. The third kappa shape index (κ3) is 6.09. The molecule has 0 heterocycles. The zero-order chi connectivity index (χ0) is 19.8. The highest BCUT2D eigenvalue weighted by atomic mass is 19.1. The van der Waals surface area contributed by atoms with Crippen LogP contribution in [0.25, 0.3) is 0 Å². The van der Waals surface area contributed by atoms with Crippen LogP contribution < -0.4 is 10.1 Å². The van der Waals surface area contributed by atoms with Crippen molar-refractivity contribution in [3.63, 3.8) is 0 Å². The van der Waals surface area contributed by atoms with Crippen LogP contribution in [0.2, 0.25) is 0 Å². The molecule has 144 valence electrons. The van der Waals surface area contributed by atoms with Crippen molar-refractivity contribution in [1.29, 1.82) is 0 Å². The molecule has 0 fully saturated rings. The van der Waals surface area contributed by atoms with Gasteiger partial charge in [0, 0.05) is 6.07 Å². The Morgan fingerprint density at radius 3 is 2.41 bits per heavy atom. The minimum absolute atomic E-state index is 0.185. The Balaban J connectivity index is 1.96. The average Bonchev–Trinajstić information content (AvgIpc) is 2.65. The van der Waals surface area contributed by atoms with E-state index in [0.29, 0.717) is 11.7 Å². The van der Waals surface area contributed by atoms with Crippen molar-refractivity contribution in [2.24, 2.45) is 5.92 Å². The van der Waals surface area contributed by atoms with Gasteiger partial charge in [-0.15, -0.1) is 0 Å². The van der Waals surface area contributed by atoms with Crippen molar-refractivity contribution < 1.29 is 23.5 Å². The van der Waals surface area contributed by atoms with E-state index in [1.165, 1.54) is 19.2 Å². The number of carbonyl (C=O) groups excluding carboxylic acids is 2. The molecule has 2 aromatic carbocycles. The third-order valence-electron chi connectivity index (χ3n) is 3.97. The van der Waals surface area contributed by atoms with E-state index in [0.717, 1.165) is 18.1 Å². The van der Waals surface area contributed by atoms with E-state index in [2.05, 4.69) is 19.2 Å². The van der Waals surface area contributed by atoms with E-state index in [9.17, 15) is 14.0 Å². The van der Waals surface area contributed by atoms with Crippen molar-refractivity contribution >= 4 is 11.9 Å². The molecule has 0 saturated heterocycles. The van der Waals surface area contributed by atoms with Gasteiger partial charge in [-0.3, -0.25) is 4.79 Å². The second-order valence-electron chi connectivity index (χ2n) is 6.58. The summed E-state index contributed by atoms with van der Waals surface area (Å²) in [6.07, 6.45) is 0.747. The lowest BCUT2D eigenvalue weighted by Gasteiger charge is -2.21. The van der Waals surface area contributed by atoms with E-state index in [4.69, 9.17) is 9.47 Å². The highest BCUT2D eigenvalue weighted by molar-refractivity contribution is 5.91. The minimum atomic E-state index is -0.898. The first kappa shape index (κ1) is 20.4. The number of nitrogens with one attached hydrogen (secondary N) is 1. The fraction of sp³-hybridized carbons (Fsp3) is 0.333. The van der Waals surface area contributed by atoms with E-state index < -0.39 is 24.3 Å². The Morgan fingerprint density at radius 1 is 1.11 bits per heavy atom. The summed E-state index contributed by atoms with van der Waals surface area (Å²) in [7, 11) is 1.40. The Kier molecular flexibility index (Phi) is 7.34. The predicted octanol–water partition coefficient (Wildman–Crippen LogP) is 3.89. The molecule has 5 nitrogen and oxygen atoms in total. The normalized spacial score (nSPS) is 11.7. The molecule has 1 atom stereocenters. The summed E-state index contributed by atoms with van der Waals surface area (Å²) in [4.78, 5) is 24.2. The molecule has 0 bridgehead atoms. The van der Waals surface area contributed by atoms with Gasteiger partial charge in [-0.1, -0.05) is 44.2 Å². The number of esters is 1. The van der Waals surface area contributed by atoms with Crippen molar-refractivity contribution in [1.82, 2.24) is 5.32 Å². The number of carbonyl (C=O) groups is 2. The Labute approximate surface area is 158 Å². The van der Waals surface area contributed by atoms with Crippen LogP contribution >= 0.6 is 0 Å². The molecule has 1 N–H and O–H groups in total. The van der Waals surface area contributed by atoms with E-state index in [1.807, 2.05) is 30.3 Å². The number of ether oxygens (including phenoxy) is 2. The molecule has 0 aliphatic rings. The van der Waals surface area contributed by atoms with Crippen molar-refractivity contribution in [2.45, 2.75) is 26.3 Å². The number of hydrogen-bond acceptors (Lipinski definition) is 4. The Hall–Kier alpha value is -2.89. The molecule has 2 aromatic rings. The smallest absolute Gasteiger partial charge is 0.341 e. The lowest BCUT2D eigenvalue weighted by atomic mass is 9.97. The van der Waals surface area contributed by atoms with Gasteiger partial charge in [-0.2, -0.15) is 0 Å². The molecule has 6 heteroatoms. The van der Waals surface area contributed by atoms with Crippen LogP contribution in [0.5, 0.6) is 5.75 Å². The SMILES string of the molecule is COc1ccc(C(=O)OCC(=O)N[C@@H](CC(C)C)c2ccccc2)c(F)c1. The van der Waals surface area contributed by atoms with Crippen LogP contribution in [-0.2, 0) is 9.53 Å². The molecule has 27 heavy (non-hydrogen) atoms. The third-order valence-corrected chi connectivity index (χ3v) is 3.97. The first-order chi connectivity index (χ1) is 12.9. The van der Waals surface area contributed by atoms with Gasteiger partial charge in [-0.25, -0.2) is 9.18 Å². The fourth-order valence-electron chi connectivity index (χ4n) is 2.67. The summed E-state index contributed by atoms with van der Waals surface area (Å²) >= 11 is 0. The summed E-state index contributed by atoms with van der Waals surface area (Å²) in [6.45, 7) is 3.65. The maximum atomic E-state index is 13.9. The standard InChI is InChI=1S/C21H24FNO4/c1-14(2)11-19(15-7-5-4-6-8-15)23-20(24)13-27-21(25)17-10-9-16(26-3)12-18(17)22/h4-10,12,14,19H,11,13H2,1-3H3,(H,23,24)/t19-/m0/s1. The van der Waals surface area contributed by atoms with Crippen LogP contribution in [-0.4, -0.2) is 25.6 Å². The van der Waals surface area contributed by atoms with Gasteiger partial charge in [0.15, 0.2) is 6.61 Å². The summed E-state index contributed by atoms with van der Waals surface area (Å²) < 4.78 is 23.7. The largest absolute Gasteiger partial charge is 0.497 e. The molecule has 0 spiro atoms. The quantitative estimate of drug-likeness (QED) is 0.713. The van der Waals surface area contributed by atoms with Crippen LogP contribution in [0.15, 0.2) is 48.5 Å². The van der Waals surface area contributed by atoms with E-state index in [-0.39, 0.29) is 11.6 Å². The maximum absolute atomic E-state index is 13.9. The van der Waals surface area contributed by atoms with Gasteiger partial charge in [0.2, 0.25) is 0 Å². The average molecular weight is 373 g/mol. The molecule has 1 amide bonds. The molecule has 0 radical (unpaired) electrons. The van der Waals surface area contributed by atoms with Crippen molar-refractivity contribution in [3.8, 4) is 5.75 Å². The van der Waals surface area contributed by atoms with Crippen LogP contribution in [0.1, 0.15) is 42.2 Å². The Bertz CT molecular complexity index is 777. The van der Waals surface area contributed by atoms with Crippen LogP contribution in [0.3, 0.4) is 0 Å². The summed E-state index contributed by atoms with van der Waals surface area (Å²) in [5.74, 6) is -1.44. The van der Waals surface area contributed by atoms with Crippen molar-refractivity contribution in [2.75, 3.05) is 13.7 Å². The zero-order valence-electron chi connectivity index (χ0n) is 15.7. The molecule has 0 saturated carbocycles. The Morgan fingerprint density at radius 2 is 1.81 bits per heavy atom. The monoisotopic (exact) mass is 373 g/mol. The summed E-state index contributed by atoms with van der Waals surface area (Å²) in [5.41, 5.74) is 0.734. The fourth-order valence-corrected chi connectivity index (χ4v) is 2.67. The number of amides is 1. The minimum Gasteiger partial charge on any atom is -0.497 e. The van der Waals surface area contributed by atoms with Gasteiger partial charge in [-0.05, 0) is 30.0 Å². The van der Waals surface area contributed by atoms with E-state index in [1.54, 1.807) is 0 Å². The highest BCUT2D eigenvalue weighted by Crippen LogP contribution is 2.21. The number of halogens is 1. The van der Waals surface area contributed by atoms with E-state index >= 15 is 0 Å². The zero-order valence-corrected chi connectivity index (χ0v) is 15.7. The highest BCUT2D eigenvalue weighted by Gasteiger charge is 2.19. The lowest BCUT2D eigenvalue weighted by molar-refractivity contribution is -0.125. The number of rotatable bonds is 8. The predicted molar refractivity (Wildman–Crippen MR) is 100 cm³/mol. The molecular weight excluding hydrogens is 349 g/mol. The molecule has 0 aliphatic carbocycles. The first-order valence-electron chi connectivity index (χ1n) is 8.75. The molecule has 0 aliphatic heterocycles. The van der Waals surface area contributed by atoms with Gasteiger partial charge in [0.05, 0.1) is 18.7 Å². The maximum Gasteiger partial charge on any atom is 0.341 e. The van der Waals surface area contributed by atoms with Gasteiger partial charge >= 0.3 is 5.97 Å². The molecule has 0 aromatic heterocycles. The number of benzene rings is 2. The van der Waals surface area contributed by atoms with Gasteiger partial charge in [0.25, 0.3) is 5.91 Å². The molecule has 0 unspecified atom stereocenters. The van der Waals surface area contributed by atoms with Gasteiger partial charge in [0.1, 0.15) is 11.6 Å². The molecular formula is C21H24FNO4. The molecule has 2 rings (SSSR count). The van der Waals surface area contributed by atoms with Crippen LogP contribution in [0, 0.1) is 11.7 Å². The summed E-state index contributed by atoms with van der Waals surface area (Å²) in [5, 5.41) is 2.87. The topological polar surface area (TPSA) is 64.6 Å². The number of hydrogen-bond donors (Lipinski definition) is 1. The first-order valence-corrected chi connectivity index (χ1v) is 8.75.